The first-order valence-electron chi connectivity index (χ1n) is 5.61. The summed E-state index contributed by atoms with van der Waals surface area (Å²) in [7, 11) is -3.37. The van der Waals surface area contributed by atoms with Gasteiger partial charge < -0.3 is 5.32 Å². The van der Waals surface area contributed by atoms with Crippen LogP contribution in [0.15, 0.2) is 47.5 Å². The minimum atomic E-state index is -3.37. The lowest BCUT2D eigenvalue weighted by atomic mass is 10.2. The zero-order valence-corrected chi connectivity index (χ0v) is 11.1. The van der Waals surface area contributed by atoms with Gasteiger partial charge in [-0.1, -0.05) is 18.2 Å². The highest BCUT2D eigenvalue weighted by atomic mass is 32.2. The highest BCUT2D eigenvalue weighted by Gasteiger charge is 2.13. The van der Waals surface area contributed by atoms with E-state index in [0.29, 0.717) is 5.56 Å². The predicted molar refractivity (Wildman–Crippen MR) is 71.1 cm³/mol. The fourth-order valence-electron chi connectivity index (χ4n) is 1.64. The lowest BCUT2D eigenvalue weighted by molar-refractivity contribution is 0.601. The highest BCUT2D eigenvalue weighted by molar-refractivity contribution is 7.90. The van der Waals surface area contributed by atoms with E-state index in [1.54, 1.807) is 24.3 Å². The van der Waals surface area contributed by atoms with Gasteiger partial charge in [0.2, 0.25) is 0 Å². The van der Waals surface area contributed by atoms with Crippen molar-refractivity contribution >= 4 is 15.7 Å². The number of nitrogens with zero attached hydrogens (tertiary/aromatic N) is 1. The summed E-state index contributed by atoms with van der Waals surface area (Å²) in [6, 6.07) is 9.31. The summed E-state index contributed by atoms with van der Waals surface area (Å²) in [5.41, 5.74) is 0.451. The molecule has 0 fully saturated rings. The Balaban J connectivity index is 2.24. The normalized spacial score (nSPS) is 11.3. The molecule has 0 aliphatic rings. The van der Waals surface area contributed by atoms with E-state index in [1.807, 2.05) is 0 Å². The number of rotatable bonds is 4. The minimum absolute atomic E-state index is 0.103. The fraction of sp³-hybridized carbons (Fsp3) is 0.154. The van der Waals surface area contributed by atoms with Gasteiger partial charge in [-0.2, -0.15) is 0 Å². The molecular weight excluding hydrogens is 267 g/mol. The molecule has 6 heteroatoms. The van der Waals surface area contributed by atoms with Crippen LogP contribution in [0.2, 0.25) is 0 Å². The van der Waals surface area contributed by atoms with Crippen molar-refractivity contribution in [3.63, 3.8) is 0 Å². The second-order valence-electron chi connectivity index (χ2n) is 4.07. The van der Waals surface area contributed by atoms with E-state index in [2.05, 4.69) is 10.3 Å². The molecule has 0 saturated carbocycles. The topological polar surface area (TPSA) is 59.1 Å². The molecular formula is C13H13FN2O2S. The fourth-order valence-corrected chi connectivity index (χ4v) is 2.45. The van der Waals surface area contributed by atoms with Crippen molar-refractivity contribution in [1.29, 1.82) is 0 Å². The van der Waals surface area contributed by atoms with E-state index in [9.17, 15) is 12.8 Å². The Morgan fingerprint density at radius 2 is 1.95 bits per heavy atom. The van der Waals surface area contributed by atoms with E-state index in [0.717, 1.165) is 6.26 Å². The molecule has 1 N–H and O–H groups in total. The van der Waals surface area contributed by atoms with Crippen LogP contribution in [0.5, 0.6) is 0 Å². The molecule has 0 spiro atoms. The van der Waals surface area contributed by atoms with Gasteiger partial charge in [0.1, 0.15) is 16.5 Å². The molecule has 0 aliphatic heterocycles. The molecule has 19 heavy (non-hydrogen) atoms. The number of hydrogen-bond donors (Lipinski definition) is 1. The number of halogens is 1. The van der Waals surface area contributed by atoms with Crippen molar-refractivity contribution in [3.8, 4) is 0 Å². The van der Waals surface area contributed by atoms with Crippen molar-refractivity contribution in [2.24, 2.45) is 0 Å². The van der Waals surface area contributed by atoms with Gasteiger partial charge >= 0.3 is 0 Å². The first-order valence-corrected chi connectivity index (χ1v) is 7.50. The Labute approximate surface area is 111 Å². The maximum absolute atomic E-state index is 13.4. The highest BCUT2D eigenvalue weighted by Crippen LogP contribution is 2.19. The average Bonchev–Trinajstić information content (AvgIpc) is 2.37. The van der Waals surface area contributed by atoms with Crippen LogP contribution < -0.4 is 5.32 Å². The van der Waals surface area contributed by atoms with E-state index in [4.69, 9.17) is 0 Å². The molecule has 100 valence electrons. The molecule has 1 aromatic heterocycles. The molecule has 0 bridgehead atoms. The maximum atomic E-state index is 13.4. The SMILES string of the molecule is CS(=O)(=O)c1cccnc1NCc1ccccc1F. The molecule has 0 atom stereocenters. The summed E-state index contributed by atoms with van der Waals surface area (Å²) in [6.07, 6.45) is 2.59. The second kappa shape index (κ2) is 5.36. The van der Waals surface area contributed by atoms with Gasteiger partial charge in [0.15, 0.2) is 9.84 Å². The second-order valence-corrected chi connectivity index (χ2v) is 6.05. The first-order chi connectivity index (χ1) is 8.98. The number of pyridine rings is 1. The standard InChI is InChI=1S/C13H13FN2O2S/c1-19(17,18)12-7-4-8-15-13(12)16-9-10-5-2-3-6-11(10)14/h2-8H,9H2,1H3,(H,15,16). The number of aromatic nitrogens is 1. The first kappa shape index (κ1) is 13.5. The number of hydrogen-bond acceptors (Lipinski definition) is 4. The number of sulfone groups is 1. The third-order valence-corrected chi connectivity index (χ3v) is 3.70. The number of anilines is 1. The monoisotopic (exact) mass is 280 g/mol. The summed E-state index contributed by atoms with van der Waals surface area (Å²) in [5, 5.41) is 2.85. The van der Waals surface area contributed by atoms with Crippen molar-refractivity contribution < 1.29 is 12.8 Å². The summed E-state index contributed by atoms with van der Waals surface area (Å²) < 4.78 is 36.6. The Morgan fingerprint density at radius 3 is 2.63 bits per heavy atom. The molecule has 4 nitrogen and oxygen atoms in total. The maximum Gasteiger partial charge on any atom is 0.179 e. The molecule has 2 rings (SSSR count). The Bertz CT molecular complexity index is 687. The van der Waals surface area contributed by atoms with Crippen LogP contribution in [0.4, 0.5) is 10.2 Å². The van der Waals surface area contributed by atoms with Gasteiger partial charge in [0.05, 0.1) is 0 Å². The molecule has 2 aromatic rings. The smallest absolute Gasteiger partial charge is 0.179 e. The largest absolute Gasteiger partial charge is 0.365 e. The Kier molecular flexibility index (Phi) is 3.80. The van der Waals surface area contributed by atoms with Crippen LogP contribution in [-0.4, -0.2) is 19.7 Å². The molecule has 0 saturated heterocycles. The van der Waals surface area contributed by atoms with Gasteiger partial charge in [-0.15, -0.1) is 0 Å². The van der Waals surface area contributed by atoms with E-state index in [1.165, 1.54) is 18.3 Å². The molecule has 0 radical (unpaired) electrons. The molecule has 0 aliphatic carbocycles. The lowest BCUT2D eigenvalue weighted by Gasteiger charge is -2.09. The van der Waals surface area contributed by atoms with Crippen molar-refractivity contribution in [1.82, 2.24) is 4.98 Å². The summed E-state index contributed by atoms with van der Waals surface area (Å²) >= 11 is 0. The zero-order chi connectivity index (χ0) is 13.9. The van der Waals surface area contributed by atoms with Crippen LogP contribution in [0.3, 0.4) is 0 Å². The van der Waals surface area contributed by atoms with Gasteiger partial charge in [0.25, 0.3) is 0 Å². The molecule has 1 aromatic carbocycles. The third-order valence-electron chi connectivity index (χ3n) is 2.57. The average molecular weight is 280 g/mol. The van der Waals surface area contributed by atoms with Gasteiger partial charge in [-0.05, 0) is 18.2 Å². The third kappa shape index (κ3) is 3.29. The number of nitrogens with one attached hydrogen (secondary N) is 1. The van der Waals surface area contributed by atoms with Crippen LogP contribution in [0.25, 0.3) is 0 Å². The van der Waals surface area contributed by atoms with Crippen LogP contribution in [0, 0.1) is 5.82 Å². The lowest BCUT2D eigenvalue weighted by Crippen LogP contribution is -2.08. The van der Waals surface area contributed by atoms with Crippen molar-refractivity contribution in [2.75, 3.05) is 11.6 Å². The van der Waals surface area contributed by atoms with Gasteiger partial charge in [-0.3, -0.25) is 0 Å². The van der Waals surface area contributed by atoms with E-state index < -0.39 is 9.84 Å². The summed E-state index contributed by atoms with van der Waals surface area (Å²) in [4.78, 5) is 4.08. The Hall–Kier alpha value is -1.95. The molecule has 0 unspecified atom stereocenters. The zero-order valence-electron chi connectivity index (χ0n) is 10.3. The van der Waals surface area contributed by atoms with Crippen molar-refractivity contribution in [2.45, 2.75) is 11.4 Å². The van der Waals surface area contributed by atoms with Gasteiger partial charge in [-0.25, -0.2) is 17.8 Å². The quantitative estimate of drug-likeness (QED) is 0.933. The van der Waals surface area contributed by atoms with Crippen molar-refractivity contribution in [3.05, 3.63) is 54.0 Å². The molecule has 0 amide bonds. The van der Waals surface area contributed by atoms with E-state index >= 15 is 0 Å². The summed E-state index contributed by atoms with van der Waals surface area (Å²) in [5.74, 6) is -0.111. The van der Waals surface area contributed by atoms with Gasteiger partial charge in [0, 0.05) is 24.6 Å². The Morgan fingerprint density at radius 1 is 1.21 bits per heavy atom. The number of benzene rings is 1. The van der Waals surface area contributed by atoms with Crippen LogP contribution in [0.1, 0.15) is 5.56 Å². The summed E-state index contributed by atoms with van der Waals surface area (Å²) in [6.45, 7) is 0.173. The van der Waals surface area contributed by atoms with Crippen LogP contribution in [-0.2, 0) is 16.4 Å². The van der Waals surface area contributed by atoms with E-state index in [-0.39, 0.29) is 23.1 Å². The predicted octanol–water partition coefficient (Wildman–Crippen LogP) is 2.24. The van der Waals surface area contributed by atoms with Crippen LogP contribution >= 0.6 is 0 Å². The molecule has 1 heterocycles. The minimum Gasteiger partial charge on any atom is -0.365 e.